The van der Waals surface area contributed by atoms with E-state index in [-0.39, 0.29) is 6.54 Å². The molecule has 0 spiro atoms. The first kappa shape index (κ1) is 19.3. The van der Waals surface area contributed by atoms with Crippen LogP contribution in [0.1, 0.15) is 18.1 Å². The van der Waals surface area contributed by atoms with E-state index in [2.05, 4.69) is 0 Å². The Labute approximate surface area is 144 Å². The molecule has 0 radical (unpaired) electrons. The Bertz CT molecular complexity index is 885. The largest absolute Gasteiger partial charge is 0.394 e. The number of hydrogen-bond acceptors (Lipinski definition) is 6. The predicted molar refractivity (Wildman–Crippen MR) is 92.7 cm³/mol. The van der Waals surface area contributed by atoms with Crippen LogP contribution in [0.2, 0.25) is 0 Å². The smallest absolute Gasteiger partial charge is 0.317 e. The molecule has 1 aromatic heterocycles. The molecule has 4 N–H and O–H groups in total. The van der Waals surface area contributed by atoms with Crippen molar-refractivity contribution >= 4 is 11.0 Å². The molecule has 1 heterocycles. The molecule has 1 aromatic carbocycles. The first-order valence-corrected chi connectivity index (χ1v) is 8.12. The van der Waals surface area contributed by atoms with Gasteiger partial charge in [0.1, 0.15) is 18.3 Å². The maximum absolute atomic E-state index is 12.5. The molecule has 8 heteroatoms. The Morgan fingerprint density at radius 2 is 1.40 bits per heavy atom. The highest BCUT2D eigenvalue weighted by molar-refractivity contribution is 5.77. The predicted octanol–water partition coefficient (Wildman–Crippen LogP) is -1.13. The molecule has 0 aliphatic rings. The maximum Gasteiger partial charge on any atom is 0.317 e. The van der Waals surface area contributed by atoms with Gasteiger partial charge in [0.05, 0.1) is 24.2 Å². The highest BCUT2D eigenvalue weighted by Gasteiger charge is 2.26. The maximum atomic E-state index is 12.5. The van der Waals surface area contributed by atoms with Gasteiger partial charge in [0.25, 0.3) is 0 Å². The van der Waals surface area contributed by atoms with Gasteiger partial charge in [0, 0.05) is 6.54 Å². The molecule has 3 atom stereocenters. The number of rotatable bonds is 6. The molecule has 0 aliphatic carbocycles. The second kappa shape index (κ2) is 7.49. The molecule has 0 unspecified atom stereocenters. The zero-order valence-corrected chi connectivity index (χ0v) is 14.5. The minimum atomic E-state index is -1.65. The van der Waals surface area contributed by atoms with Crippen molar-refractivity contribution in [2.24, 2.45) is 0 Å². The summed E-state index contributed by atoms with van der Waals surface area (Å²) >= 11 is 0. The van der Waals surface area contributed by atoms with Crippen molar-refractivity contribution in [3.05, 3.63) is 44.0 Å². The number of nitrogens with zero attached hydrogens (tertiary/aromatic N) is 2. The van der Waals surface area contributed by atoms with Crippen LogP contribution in [0.5, 0.6) is 0 Å². The van der Waals surface area contributed by atoms with E-state index in [4.69, 9.17) is 5.11 Å². The molecule has 2 rings (SSSR count). The summed E-state index contributed by atoms with van der Waals surface area (Å²) < 4.78 is 2.47. The van der Waals surface area contributed by atoms with Gasteiger partial charge in [-0.05, 0) is 44.0 Å². The fourth-order valence-corrected chi connectivity index (χ4v) is 2.82. The number of aromatic nitrogens is 2. The van der Waals surface area contributed by atoms with Gasteiger partial charge in [-0.3, -0.25) is 14.2 Å². The van der Waals surface area contributed by atoms with E-state index in [1.165, 1.54) is 4.57 Å². The molecular weight excluding hydrogens is 328 g/mol. The molecule has 25 heavy (non-hydrogen) atoms. The van der Waals surface area contributed by atoms with E-state index in [0.717, 1.165) is 15.7 Å². The van der Waals surface area contributed by atoms with Gasteiger partial charge >= 0.3 is 11.1 Å². The number of aliphatic hydroxyl groups is 4. The highest BCUT2D eigenvalue weighted by Crippen LogP contribution is 2.18. The van der Waals surface area contributed by atoms with Gasteiger partial charge in [-0.1, -0.05) is 0 Å². The first-order chi connectivity index (χ1) is 11.7. The number of fused-ring (bicyclic) bond motifs is 1. The fraction of sp³-hybridized carbons (Fsp3) is 0.529. The molecule has 0 amide bonds. The molecule has 0 saturated carbocycles. The Balaban J connectivity index is 2.68. The zero-order chi connectivity index (χ0) is 18.9. The van der Waals surface area contributed by atoms with Crippen molar-refractivity contribution in [2.45, 2.75) is 52.2 Å². The van der Waals surface area contributed by atoms with Gasteiger partial charge in [0.15, 0.2) is 0 Å². The molecular formula is C17H24N2O6. The summed E-state index contributed by atoms with van der Waals surface area (Å²) in [6.45, 7) is 4.73. The lowest BCUT2D eigenvalue weighted by Crippen LogP contribution is -2.47. The van der Waals surface area contributed by atoms with E-state index in [0.29, 0.717) is 17.6 Å². The van der Waals surface area contributed by atoms with E-state index in [9.17, 15) is 24.9 Å². The van der Waals surface area contributed by atoms with Crippen LogP contribution in [-0.4, -0.2) is 54.5 Å². The molecule has 0 fully saturated rings. The van der Waals surface area contributed by atoms with Crippen LogP contribution >= 0.6 is 0 Å². The Kier molecular flexibility index (Phi) is 5.79. The summed E-state index contributed by atoms with van der Waals surface area (Å²) in [7, 11) is 0. The summed E-state index contributed by atoms with van der Waals surface area (Å²) in [4.78, 5) is 24.8. The van der Waals surface area contributed by atoms with Crippen molar-refractivity contribution < 1.29 is 20.4 Å². The summed E-state index contributed by atoms with van der Waals surface area (Å²) in [5.74, 6) is 0. The minimum absolute atomic E-state index is 0.322. The van der Waals surface area contributed by atoms with Gasteiger partial charge in [-0.25, -0.2) is 0 Å². The first-order valence-electron chi connectivity index (χ1n) is 8.12. The number of aliphatic hydroxyl groups excluding tert-OH is 4. The summed E-state index contributed by atoms with van der Waals surface area (Å²) in [6.07, 6.45) is -4.72. The normalized spacial score (nSPS) is 15.3. The lowest BCUT2D eigenvalue weighted by molar-refractivity contribution is -0.0805. The second-order valence-corrected chi connectivity index (χ2v) is 6.20. The number of benzene rings is 1. The van der Waals surface area contributed by atoms with Crippen LogP contribution in [0.25, 0.3) is 11.0 Å². The van der Waals surface area contributed by atoms with Crippen LogP contribution in [0.15, 0.2) is 21.7 Å². The Morgan fingerprint density at radius 3 is 1.88 bits per heavy atom. The van der Waals surface area contributed by atoms with Crippen LogP contribution in [0.3, 0.4) is 0 Å². The molecule has 0 saturated heterocycles. The van der Waals surface area contributed by atoms with E-state index >= 15 is 0 Å². The van der Waals surface area contributed by atoms with Crippen LogP contribution in [0.4, 0.5) is 0 Å². The minimum Gasteiger partial charge on any atom is -0.394 e. The lowest BCUT2D eigenvalue weighted by atomic mass is 10.1. The van der Waals surface area contributed by atoms with Crippen molar-refractivity contribution in [1.29, 1.82) is 0 Å². The van der Waals surface area contributed by atoms with Crippen LogP contribution in [0, 0.1) is 13.8 Å². The van der Waals surface area contributed by atoms with Gasteiger partial charge in [-0.15, -0.1) is 0 Å². The number of aryl methyl sites for hydroxylation is 3. The highest BCUT2D eigenvalue weighted by atomic mass is 16.4. The van der Waals surface area contributed by atoms with Crippen LogP contribution in [-0.2, 0) is 13.1 Å². The third-order valence-corrected chi connectivity index (χ3v) is 4.51. The average Bonchev–Trinajstić information content (AvgIpc) is 2.59. The molecule has 8 nitrogen and oxygen atoms in total. The van der Waals surface area contributed by atoms with Crippen molar-refractivity contribution in [2.75, 3.05) is 6.61 Å². The monoisotopic (exact) mass is 352 g/mol. The third-order valence-electron chi connectivity index (χ3n) is 4.51. The molecule has 0 bridgehead atoms. The average molecular weight is 352 g/mol. The summed E-state index contributed by atoms with van der Waals surface area (Å²) in [5.41, 5.74) is 1.34. The Hall–Kier alpha value is -2.00. The topological polar surface area (TPSA) is 125 Å². The van der Waals surface area contributed by atoms with Gasteiger partial charge in [-0.2, -0.15) is 0 Å². The standard InChI is InChI=1S/C17H24N2O6/c1-4-18-11-5-9(2)10(3)6-12(11)19(17(25)16(18)24)7-13(21)15(23)14(22)8-20/h5-6,13-15,20-23H,4,7-8H2,1-3H3/t13-,14+,15-/m0/s1. The van der Waals surface area contributed by atoms with Crippen molar-refractivity contribution in [3.63, 3.8) is 0 Å². The lowest BCUT2D eigenvalue weighted by Gasteiger charge is -2.23. The third kappa shape index (κ3) is 3.52. The summed E-state index contributed by atoms with van der Waals surface area (Å²) in [6, 6.07) is 3.55. The van der Waals surface area contributed by atoms with E-state index in [1.54, 1.807) is 19.1 Å². The van der Waals surface area contributed by atoms with Crippen molar-refractivity contribution in [3.8, 4) is 0 Å². The molecule has 2 aromatic rings. The molecule has 0 aliphatic heterocycles. The SMILES string of the molecule is CCn1c(=O)c(=O)n(C[C@H](O)[C@H](O)[C@H](O)CO)c2cc(C)c(C)cc21. The molecule has 138 valence electrons. The quantitative estimate of drug-likeness (QED) is 0.488. The number of hydrogen-bond donors (Lipinski definition) is 4. The van der Waals surface area contributed by atoms with E-state index in [1.807, 2.05) is 13.8 Å². The van der Waals surface area contributed by atoms with Crippen molar-refractivity contribution in [1.82, 2.24) is 9.13 Å². The van der Waals surface area contributed by atoms with Crippen LogP contribution < -0.4 is 11.1 Å². The Morgan fingerprint density at radius 1 is 0.920 bits per heavy atom. The van der Waals surface area contributed by atoms with Gasteiger partial charge in [0.2, 0.25) is 0 Å². The summed E-state index contributed by atoms with van der Waals surface area (Å²) in [5, 5.41) is 38.3. The van der Waals surface area contributed by atoms with Gasteiger partial charge < -0.3 is 25.0 Å². The second-order valence-electron chi connectivity index (χ2n) is 6.20. The van der Waals surface area contributed by atoms with E-state index < -0.39 is 36.0 Å². The zero-order valence-electron chi connectivity index (χ0n) is 14.5. The fourth-order valence-electron chi connectivity index (χ4n) is 2.82.